The number of aromatic nitrogens is 1. The molecule has 108 valence electrons. The molecule has 0 unspecified atom stereocenters. The van der Waals surface area contributed by atoms with E-state index in [4.69, 9.17) is 10.6 Å². The molecule has 0 aliphatic rings. The quantitative estimate of drug-likeness (QED) is 0.631. The van der Waals surface area contributed by atoms with Crippen LogP contribution in [0.5, 0.6) is 5.75 Å². The number of thioether (sulfide) groups is 1. The van der Waals surface area contributed by atoms with Gasteiger partial charge in [-0.05, 0) is 29.9 Å². The van der Waals surface area contributed by atoms with Gasteiger partial charge < -0.3 is 10.2 Å². The lowest BCUT2D eigenvalue weighted by atomic mass is 10.1. The minimum atomic E-state index is 0.687. The van der Waals surface area contributed by atoms with Crippen LogP contribution in [0.4, 0.5) is 5.82 Å². The molecule has 0 fully saturated rings. The van der Waals surface area contributed by atoms with E-state index in [0.717, 1.165) is 39.5 Å². The Morgan fingerprint density at radius 3 is 2.80 bits per heavy atom. The minimum absolute atomic E-state index is 0.687. The van der Waals surface area contributed by atoms with Crippen LogP contribution in [-0.2, 0) is 5.75 Å². The molecule has 5 heteroatoms. The Kier molecular flexibility index (Phi) is 5.09. The lowest BCUT2D eigenvalue weighted by Gasteiger charge is -2.11. The van der Waals surface area contributed by atoms with Crippen LogP contribution in [0.3, 0.4) is 0 Å². The summed E-state index contributed by atoms with van der Waals surface area (Å²) >= 11 is 1.90. The first kappa shape index (κ1) is 14.9. The van der Waals surface area contributed by atoms with E-state index in [9.17, 15) is 0 Å². The second-order valence-electron chi connectivity index (χ2n) is 5.11. The molecule has 3 N–H and O–H groups in total. The molecule has 0 bridgehead atoms. The van der Waals surface area contributed by atoms with Crippen molar-refractivity contribution in [3.8, 4) is 5.75 Å². The number of pyridine rings is 1. The van der Waals surface area contributed by atoms with Crippen molar-refractivity contribution in [3.63, 3.8) is 0 Å². The Labute approximate surface area is 124 Å². The standard InChI is InChI=1S/C15H21N3OS/c1-10(2)8-20-9-12-6-11-4-5-13(19-3)7-14(11)17-15(12)18-16/h4-7,10H,8-9,16H2,1-3H3,(H,17,18). The number of nitrogens with one attached hydrogen (secondary N) is 1. The van der Waals surface area contributed by atoms with Crippen molar-refractivity contribution in [1.29, 1.82) is 0 Å². The van der Waals surface area contributed by atoms with E-state index < -0.39 is 0 Å². The Balaban J connectivity index is 2.29. The number of hydrogen-bond donors (Lipinski definition) is 2. The van der Waals surface area contributed by atoms with Crippen molar-refractivity contribution in [3.05, 3.63) is 29.8 Å². The first-order valence-corrected chi connectivity index (χ1v) is 7.81. The smallest absolute Gasteiger partial charge is 0.144 e. The maximum Gasteiger partial charge on any atom is 0.144 e. The second kappa shape index (κ2) is 6.81. The highest BCUT2D eigenvalue weighted by Gasteiger charge is 2.07. The third-order valence-electron chi connectivity index (χ3n) is 2.95. The number of rotatable bonds is 6. The number of benzene rings is 1. The van der Waals surface area contributed by atoms with Gasteiger partial charge in [0, 0.05) is 22.8 Å². The van der Waals surface area contributed by atoms with Crippen LogP contribution in [0, 0.1) is 5.92 Å². The number of hydrogen-bond acceptors (Lipinski definition) is 5. The van der Waals surface area contributed by atoms with Gasteiger partial charge in [0.1, 0.15) is 11.6 Å². The number of nitrogens with zero attached hydrogens (tertiary/aromatic N) is 1. The van der Waals surface area contributed by atoms with E-state index in [2.05, 4.69) is 30.3 Å². The molecule has 2 rings (SSSR count). The summed E-state index contributed by atoms with van der Waals surface area (Å²) in [4.78, 5) is 4.57. The highest BCUT2D eigenvalue weighted by Crippen LogP contribution is 2.27. The molecular weight excluding hydrogens is 270 g/mol. The third-order valence-corrected chi connectivity index (χ3v) is 4.37. The van der Waals surface area contributed by atoms with Gasteiger partial charge in [0.25, 0.3) is 0 Å². The minimum Gasteiger partial charge on any atom is -0.497 e. The van der Waals surface area contributed by atoms with Crippen molar-refractivity contribution in [2.75, 3.05) is 18.3 Å². The Bertz CT molecular complexity index is 587. The molecule has 1 aromatic heterocycles. The summed E-state index contributed by atoms with van der Waals surface area (Å²) in [6.45, 7) is 4.44. The SMILES string of the molecule is COc1ccc2cc(CSCC(C)C)c(NN)nc2c1. The number of fused-ring (bicyclic) bond motifs is 1. The molecule has 2 aromatic rings. The van der Waals surface area contributed by atoms with Gasteiger partial charge >= 0.3 is 0 Å². The summed E-state index contributed by atoms with van der Waals surface area (Å²) in [5.74, 6) is 9.86. The monoisotopic (exact) mass is 291 g/mol. The number of anilines is 1. The number of nitrogens with two attached hydrogens (primary N) is 1. The lowest BCUT2D eigenvalue weighted by Crippen LogP contribution is -2.11. The van der Waals surface area contributed by atoms with E-state index in [-0.39, 0.29) is 0 Å². The largest absolute Gasteiger partial charge is 0.497 e. The van der Waals surface area contributed by atoms with Crippen LogP contribution < -0.4 is 16.0 Å². The third kappa shape index (κ3) is 3.55. The van der Waals surface area contributed by atoms with Gasteiger partial charge in [-0.25, -0.2) is 10.8 Å². The lowest BCUT2D eigenvalue weighted by molar-refractivity contribution is 0.415. The number of nitrogen functional groups attached to an aromatic ring is 1. The summed E-state index contributed by atoms with van der Waals surface area (Å²) in [5, 5.41) is 1.10. The average molecular weight is 291 g/mol. The van der Waals surface area contributed by atoms with Crippen molar-refractivity contribution in [2.24, 2.45) is 11.8 Å². The zero-order chi connectivity index (χ0) is 14.5. The molecule has 0 aliphatic heterocycles. The van der Waals surface area contributed by atoms with Gasteiger partial charge in [0.2, 0.25) is 0 Å². The number of methoxy groups -OCH3 is 1. The summed E-state index contributed by atoms with van der Waals surface area (Å²) < 4.78 is 5.22. The normalized spacial score (nSPS) is 11.1. The fraction of sp³-hybridized carbons (Fsp3) is 0.400. The Morgan fingerprint density at radius 2 is 2.15 bits per heavy atom. The number of hydrazine groups is 1. The van der Waals surface area contributed by atoms with Crippen molar-refractivity contribution in [2.45, 2.75) is 19.6 Å². The van der Waals surface area contributed by atoms with Gasteiger partial charge in [0.15, 0.2) is 0 Å². The maximum absolute atomic E-state index is 5.59. The molecule has 0 aliphatic carbocycles. The zero-order valence-corrected chi connectivity index (χ0v) is 13.0. The van der Waals surface area contributed by atoms with Crippen LogP contribution >= 0.6 is 11.8 Å². The summed E-state index contributed by atoms with van der Waals surface area (Å²) in [7, 11) is 1.65. The molecule has 4 nitrogen and oxygen atoms in total. The first-order chi connectivity index (χ1) is 9.63. The van der Waals surface area contributed by atoms with Gasteiger partial charge in [-0.1, -0.05) is 13.8 Å². The molecule has 0 saturated heterocycles. The van der Waals surface area contributed by atoms with Crippen LogP contribution in [0.1, 0.15) is 19.4 Å². The van der Waals surface area contributed by atoms with Crippen molar-refractivity contribution < 1.29 is 4.74 Å². The second-order valence-corrected chi connectivity index (χ2v) is 6.14. The molecule has 0 amide bonds. The van der Waals surface area contributed by atoms with Crippen LogP contribution in [0.25, 0.3) is 10.9 Å². The molecule has 1 heterocycles. The van der Waals surface area contributed by atoms with Gasteiger partial charge in [-0.2, -0.15) is 11.8 Å². The van der Waals surface area contributed by atoms with Gasteiger partial charge in [-0.3, -0.25) is 0 Å². The zero-order valence-electron chi connectivity index (χ0n) is 12.1. The molecule has 0 atom stereocenters. The van der Waals surface area contributed by atoms with Crippen LogP contribution in [0.2, 0.25) is 0 Å². The van der Waals surface area contributed by atoms with Gasteiger partial charge in [0.05, 0.1) is 12.6 Å². The molecule has 0 radical (unpaired) electrons. The van der Waals surface area contributed by atoms with E-state index in [1.807, 2.05) is 30.0 Å². The van der Waals surface area contributed by atoms with Crippen LogP contribution in [-0.4, -0.2) is 17.8 Å². The number of ether oxygens (including phenoxy) is 1. The fourth-order valence-corrected chi connectivity index (χ4v) is 2.99. The van der Waals surface area contributed by atoms with Gasteiger partial charge in [-0.15, -0.1) is 0 Å². The predicted octanol–water partition coefficient (Wildman–Crippen LogP) is 3.42. The molecule has 1 aromatic carbocycles. The Hall–Kier alpha value is -1.46. The van der Waals surface area contributed by atoms with E-state index in [1.165, 1.54) is 0 Å². The van der Waals surface area contributed by atoms with Crippen molar-refractivity contribution >= 4 is 28.5 Å². The summed E-state index contributed by atoms with van der Waals surface area (Å²) in [6.07, 6.45) is 0. The maximum atomic E-state index is 5.59. The molecular formula is C15H21N3OS. The van der Waals surface area contributed by atoms with E-state index in [1.54, 1.807) is 7.11 Å². The summed E-state index contributed by atoms with van der Waals surface area (Å²) in [6, 6.07) is 8.04. The Morgan fingerprint density at radius 1 is 1.35 bits per heavy atom. The predicted molar refractivity (Wildman–Crippen MR) is 87.1 cm³/mol. The van der Waals surface area contributed by atoms with E-state index >= 15 is 0 Å². The first-order valence-electron chi connectivity index (χ1n) is 6.66. The van der Waals surface area contributed by atoms with Crippen LogP contribution in [0.15, 0.2) is 24.3 Å². The highest BCUT2D eigenvalue weighted by atomic mass is 32.2. The fourth-order valence-electron chi connectivity index (χ4n) is 1.96. The topological polar surface area (TPSA) is 60.2 Å². The highest BCUT2D eigenvalue weighted by molar-refractivity contribution is 7.98. The van der Waals surface area contributed by atoms with Crippen molar-refractivity contribution in [1.82, 2.24) is 4.98 Å². The van der Waals surface area contributed by atoms with E-state index in [0.29, 0.717) is 5.92 Å². The molecule has 0 saturated carbocycles. The molecule has 0 spiro atoms. The summed E-state index contributed by atoms with van der Waals surface area (Å²) in [5.41, 5.74) is 4.72. The molecule has 20 heavy (non-hydrogen) atoms. The average Bonchev–Trinajstić information content (AvgIpc) is 2.45.